The highest BCUT2D eigenvalue weighted by Gasteiger charge is 2.14. The summed E-state index contributed by atoms with van der Waals surface area (Å²) in [6, 6.07) is 6.99. The van der Waals surface area contributed by atoms with Crippen molar-refractivity contribution < 1.29 is 24.1 Å². The van der Waals surface area contributed by atoms with E-state index in [1.54, 1.807) is 23.1 Å². The number of carbonyl (C=O) groups is 1. The van der Waals surface area contributed by atoms with Gasteiger partial charge >= 0.3 is 6.03 Å². The third-order valence-electron chi connectivity index (χ3n) is 5.47. The van der Waals surface area contributed by atoms with E-state index in [2.05, 4.69) is 35.8 Å². The summed E-state index contributed by atoms with van der Waals surface area (Å²) in [4.78, 5) is 18.5. The first kappa shape index (κ1) is 30.8. The van der Waals surface area contributed by atoms with Gasteiger partial charge in [0.05, 0.1) is 58.1 Å². The predicted octanol–water partition coefficient (Wildman–Crippen LogP) is 1.36. The van der Waals surface area contributed by atoms with Crippen LogP contribution in [0.5, 0.6) is 5.75 Å². The van der Waals surface area contributed by atoms with Crippen molar-refractivity contribution in [2.45, 2.75) is 25.4 Å². The Labute approximate surface area is 222 Å². The summed E-state index contributed by atoms with van der Waals surface area (Å²) in [6.45, 7) is 4.41. The molecule has 1 atom stereocenters. The molecule has 0 unspecified atom stereocenters. The van der Waals surface area contributed by atoms with Crippen molar-refractivity contribution in [3.8, 4) is 5.75 Å². The van der Waals surface area contributed by atoms with Gasteiger partial charge in [-0.2, -0.15) is 15.0 Å². The lowest BCUT2D eigenvalue weighted by Crippen LogP contribution is -2.45. The Hall–Kier alpha value is -3.42. The molecule has 0 radical (unpaired) electrons. The zero-order valence-electron chi connectivity index (χ0n) is 22.2. The van der Waals surface area contributed by atoms with Crippen molar-refractivity contribution in [2.75, 3.05) is 73.4 Å². The van der Waals surface area contributed by atoms with Crippen LogP contribution >= 0.6 is 0 Å². The fourth-order valence-corrected chi connectivity index (χ4v) is 3.31. The van der Waals surface area contributed by atoms with E-state index in [0.717, 1.165) is 17.7 Å². The number of carbonyl (C=O) groups excluding carboxylic acids is 1. The van der Waals surface area contributed by atoms with E-state index in [4.69, 9.17) is 19.7 Å². The summed E-state index contributed by atoms with van der Waals surface area (Å²) in [7, 11) is 3.95. The Morgan fingerprint density at radius 2 is 1.79 bits per heavy atom. The van der Waals surface area contributed by atoms with Gasteiger partial charge in [-0.25, -0.2) is 4.79 Å². The molecule has 1 aromatic carbocycles. The van der Waals surface area contributed by atoms with E-state index in [9.17, 15) is 9.90 Å². The first-order valence-electron chi connectivity index (χ1n) is 12.6. The van der Waals surface area contributed by atoms with Gasteiger partial charge in [-0.15, -0.1) is 0 Å². The van der Waals surface area contributed by atoms with E-state index in [-0.39, 0.29) is 17.8 Å². The molecule has 0 aliphatic carbocycles. The molecule has 0 saturated heterocycles. The smallest absolute Gasteiger partial charge is 0.314 e. The van der Waals surface area contributed by atoms with Gasteiger partial charge < -0.3 is 34.9 Å². The van der Waals surface area contributed by atoms with Crippen molar-refractivity contribution in [2.24, 2.45) is 5.11 Å². The van der Waals surface area contributed by atoms with E-state index in [1.165, 1.54) is 0 Å². The zero-order chi connectivity index (χ0) is 27.4. The third-order valence-corrected chi connectivity index (χ3v) is 5.47. The minimum Gasteiger partial charge on any atom is -0.508 e. The van der Waals surface area contributed by atoms with E-state index in [0.29, 0.717) is 72.2 Å². The molecule has 38 heavy (non-hydrogen) atoms. The fourth-order valence-electron chi connectivity index (χ4n) is 3.31. The van der Waals surface area contributed by atoms with Crippen LogP contribution in [0.1, 0.15) is 11.3 Å². The van der Waals surface area contributed by atoms with E-state index >= 15 is 0 Å². The largest absolute Gasteiger partial charge is 0.508 e. The van der Waals surface area contributed by atoms with Crippen LogP contribution in [0.2, 0.25) is 0 Å². The van der Waals surface area contributed by atoms with Crippen molar-refractivity contribution >= 4 is 6.03 Å². The Balaban J connectivity index is 1.51. The molecule has 0 saturated carbocycles. The highest BCUT2D eigenvalue weighted by Crippen LogP contribution is 2.12. The van der Waals surface area contributed by atoms with Gasteiger partial charge in [0.1, 0.15) is 5.75 Å². The van der Waals surface area contributed by atoms with Gasteiger partial charge in [0.15, 0.2) is 0 Å². The summed E-state index contributed by atoms with van der Waals surface area (Å²) in [5.74, 6) is 0.238. The maximum Gasteiger partial charge on any atom is 0.314 e. The van der Waals surface area contributed by atoms with Crippen molar-refractivity contribution in [3.63, 3.8) is 0 Å². The monoisotopic (exact) mass is 533 g/mol. The Bertz CT molecular complexity index is 964. The first-order valence-corrected chi connectivity index (χ1v) is 12.6. The van der Waals surface area contributed by atoms with E-state index in [1.807, 2.05) is 26.2 Å². The standard InChI is InChI=1S/C24H39N9O5/c1-32(2)22(17-20-3-5-23(34)6-4-20)19-27-24(35)26-8-7-21-18-29-33(30-21)10-12-37-14-16-38-15-13-36-11-9-28-31-25/h3-6,18,22,34H,7-17,19H2,1-2H3,(H2,26,27,35)/t22-/m0/s1. The number of hydrogen-bond acceptors (Lipinski definition) is 9. The lowest BCUT2D eigenvalue weighted by atomic mass is 10.1. The molecule has 2 rings (SSSR count). The number of likely N-dealkylation sites (N-methyl/N-ethyl adjacent to an activating group) is 1. The number of aromatic nitrogens is 3. The van der Waals surface area contributed by atoms with Crippen LogP contribution in [-0.2, 0) is 33.6 Å². The second-order valence-electron chi connectivity index (χ2n) is 8.60. The van der Waals surface area contributed by atoms with Crippen LogP contribution in [0.3, 0.4) is 0 Å². The second-order valence-corrected chi connectivity index (χ2v) is 8.60. The van der Waals surface area contributed by atoms with Crippen LogP contribution < -0.4 is 10.6 Å². The molecule has 0 aliphatic rings. The van der Waals surface area contributed by atoms with Crippen LogP contribution in [0, 0.1) is 0 Å². The summed E-state index contributed by atoms with van der Waals surface area (Å²) in [5.41, 5.74) is 10.0. The molecule has 2 amide bonds. The van der Waals surface area contributed by atoms with Crippen molar-refractivity contribution in [1.29, 1.82) is 0 Å². The van der Waals surface area contributed by atoms with Gasteiger partial charge in [0.2, 0.25) is 0 Å². The molecule has 14 nitrogen and oxygen atoms in total. The number of aromatic hydroxyl groups is 1. The lowest BCUT2D eigenvalue weighted by molar-refractivity contribution is 0.0136. The average molecular weight is 534 g/mol. The topological polar surface area (TPSA) is 172 Å². The second kappa shape index (κ2) is 18.8. The fraction of sp³-hybridized carbons (Fsp3) is 0.625. The number of urea groups is 1. The molecule has 0 aliphatic heterocycles. The molecule has 1 aromatic heterocycles. The molecular weight excluding hydrogens is 494 g/mol. The van der Waals surface area contributed by atoms with Gasteiger partial charge in [0, 0.05) is 37.0 Å². The van der Waals surface area contributed by atoms with Gasteiger partial charge in [0.25, 0.3) is 0 Å². The van der Waals surface area contributed by atoms with Gasteiger partial charge in [-0.05, 0) is 43.7 Å². The number of benzene rings is 1. The Kier molecular flexibility index (Phi) is 15.2. The Morgan fingerprint density at radius 3 is 2.47 bits per heavy atom. The molecule has 1 heterocycles. The number of amides is 2. The number of nitrogens with one attached hydrogen (secondary N) is 2. The molecule has 14 heteroatoms. The van der Waals surface area contributed by atoms with E-state index < -0.39 is 0 Å². The van der Waals surface area contributed by atoms with Crippen LogP contribution in [-0.4, -0.2) is 110 Å². The number of azide groups is 1. The lowest BCUT2D eigenvalue weighted by Gasteiger charge is -2.25. The predicted molar refractivity (Wildman–Crippen MR) is 141 cm³/mol. The van der Waals surface area contributed by atoms with Crippen LogP contribution in [0.4, 0.5) is 4.79 Å². The highest BCUT2D eigenvalue weighted by atomic mass is 16.5. The number of ether oxygens (including phenoxy) is 3. The van der Waals surface area contributed by atoms with Crippen molar-refractivity contribution in [1.82, 2.24) is 30.5 Å². The summed E-state index contributed by atoms with van der Waals surface area (Å²) >= 11 is 0. The molecule has 0 fully saturated rings. The average Bonchev–Trinajstić information content (AvgIpc) is 3.35. The quantitative estimate of drug-likeness (QED) is 0.0990. The number of rotatable bonds is 20. The normalized spacial score (nSPS) is 11.8. The Morgan fingerprint density at radius 1 is 1.11 bits per heavy atom. The maximum atomic E-state index is 12.2. The molecule has 0 spiro atoms. The molecule has 2 aromatic rings. The summed E-state index contributed by atoms with van der Waals surface area (Å²) in [5, 5.41) is 27.2. The summed E-state index contributed by atoms with van der Waals surface area (Å²) in [6.07, 6.45) is 3.01. The van der Waals surface area contributed by atoms with Crippen LogP contribution in [0.15, 0.2) is 35.6 Å². The van der Waals surface area contributed by atoms with Gasteiger partial charge in [-0.3, -0.25) is 0 Å². The summed E-state index contributed by atoms with van der Waals surface area (Å²) < 4.78 is 16.1. The third kappa shape index (κ3) is 13.8. The highest BCUT2D eigenvalue weighted by molar-refractivity contribution is 5.73. The maximum absolute atomic E-state index is 12.2. The number of hydrogen-bond donors (Lipinski definition) is 3. The minimum absolute atomic E-state index is 0.120. The van der Waals surface area contributed by atoms with Gasteiger partial charge in [-0.1, -0.05) is 17.2 Å². The molecule has 3 N–H and O–H groups in total. The molecule has 0 bridgehead atoms. The molecule has 210 valence electrons. The first-order chi connectivity index (χ1) is 18.5. The van der Waals surface area contributed by atoms with Crippen LogP contribution in [0.25, 0.3) is 10.4 Å². The number of phenolic OH excluding ortho intramolecular Hbond substituents is 1. The number of phenols is 1. The number of nitrogens with zero attached hydrogens (tertiary/aromatic N) is 7. The zero-order valence-corrected chi connectivity index (χ0v) is 22.2. The SMILES string of the molecule is CN(C)[C@H](CNC(=O)NCCc1cnn(CCOCCOCCOCCN=[N+]=[N-])n1)Cc1ccc(O)cc1. The minimum atomic E-state index is -0.231. The van der Waals surface area contributed by atoms with Crippen molar-refractivity contribution in [3.05, 3.63) is 52.2 Å². The molecular formula is C24H39N9O5.